The Kier molecular flexibility index (Phi) is 20.2. The molecule has 0 spiro atoms. The molecule has 0 bridgehead atoms. The Hall–Kier alpha value is -9.14. The lowest BCUT2D eigenvalue weighted by Gasteiger charge is -2.18. The van der Waals surface area contributed by atoms with Crippen molar-refractivity contribution in [2.45, 2.75) is 141 Å². The fourth-order valence-corrected chi connectivity index (χ4v) is 12.5. The van der Waals surface area contributed by atoms with E-state index < -0.39 is 0 Å². The zero-order chi connectivity index (χ0) is 60.8. The maximum absolute atomic E-state index is 8.91. The Morgan fingerprint density at radius 3 is 1.28 bits per heavy atom. The highest BCUT2D eigenvalue weighted by Gasteiger charge is 2.25. The minimum absolute atomic E-state index is 0.0984. The first-order chi connectivity index (χ1) is 42.2. The molecule has 87 heavy (non-hydrogen) atoms. The van der Waals surface area contributed by atoms with Crippen LogP contribution in [0.4, 0.5) is 5.69 Å². The third-order valence-electron chi connectivity index (χ3n) is 17.6. The number of oxime groups is 1. The van der Waals surface area contributed by atoms with E-state index in [0.29, 0.717) is 41.5 Å². The van der Waals surface area contributed by atoms with Crippen molar-refractivity contribution < 1.29 is 19.4 Å². The lowest BCUT2D eigenvalue weighted by molar-refractivity contribution is 0.210. The molecule has 12 rings (SSSR count). The van der Waals surface area contributed by atoms with Gasteiger partial charge in [-0.3, -0.25) is 10.8 Å². The molecule has 11 heteroatoms. The maximum atomic E-state index is 8.91. The van der Waals surface area contributed by atoms with Crippen molar-refractivity contribution in [3.8, 4) is 17.2 Å². The molecule has 4 atom stereocenters. The van der Waals surface area contributed by atoms with E-state index in [1.165, 1.54) is 90.1 Å². The van der Waals surface area contributed by atoms with Gasteiger partial charge in [-0.25, -0.2) is 4.85 Å². The van der Waals surface area contributed by atoms with Gasteiger partial charge in [0.25, 0.3) is 0 Å². The minimum Gasteiger partial charge on any atom is -0.490 e. The van der Waals surface area contributed by atoms with Crippen molar-refractivity contribution >= 4 is 55.5 Å². The molecule has 7 N–H and O–H groups in total. The highest BCUT2D eigenvalue weighted by molar-refractivity contribution is 6.01. The van der Waals surface area contributed by atoms with Crippen LogP contribution in [-0.4, -0.2) is 59.0 Å². The number of likely N-dealkylation sites (tertiary alicyclic amines) is 1. The summed E-state index contributed by atoms with van der Waals surface area (Å²) in [5, 5.41) is 34.3. The number of amidine groups is 3. The summed E-state index contributed by atoms with van der Waals surface area (Å²) in [6, 6.07) is 62.9. The fraction of sp³-hybridized carbons (Fsp3) is 0.316. The number of ether oxygens (including phenoxy) is 3. The zero-order valence-corrected chi connectivity index (χ0v) is 50.9. The molecule has 1 aliphatic heterocycles. The van der Waals surface area contributed by atoms with E-state index in [1.54, 1.807) is 0 Å². The Morgan fingerprint density at radius 1 is 0.506 bits per heavy atom. The number of hydrogen-bond acceptors (Lipinski definition) is 7. The van der Waals surface area contributed by atoms with Gasteiger partial charge in [-0.15, -0.1) is 0 Å². The van der Waals surface area contributed by atoms with Gasteiger partial charge >= 0.3 is 0 Å². The van der Waals surface area contributed by atoms with Crippen LogP contribution in [0.25, 0.3) is 37.2 Å². The molecule has 446 valence electrons. The Labute approximate surface area is 513 Å². The van der Waals surface area contributed by atoms with Gasteiger partial charge in [0.1, 0.15) is 29.2 Å². The topological polar surface area (TPSA) is 168 Å². The second-order valence-corrected chi connectivity index (χ2v) is 24.3. The highest BCUT2D eigenvalue weighted by Crippen LogP contribution is 2.32. The highest BCUT2D eigenvalue weighted by atomic mass is 16.5. The number of benzene rings is 9. The van der Waals surface area contributed by atoms with E-state index in [4.69, 9.17) is 48.3 Å². The van der Waals surface area contributed by atoms with E-state index in [2.05, 4.69) is 163 Å². The number of rotatable bonds is 17. The van der Waals surface area contributed by atoms with Gasteiger partial charge < -0.3 is 35.8 Å². The maximum Gasteiger partial charge on any atom is 0.187 e. The Bertz CT molecular complexity index is 3880. The number of nitrogens with two attached hydrogens (primary N) is 2. The average molecular weight is 1160 g/mol. The molecular weight excluding hydrogens is 1070 g/mol. The largest absolute Gasteiger partial charge is 0.490 e. The molecule has 2 saturated carbocycles. The number of nitrogen functional groups attached to an aromatic ring is 1. The van der Waals surface area contributed by atoms with E-state index in [-0.39, 0.29) is 17.8 Å². The van der Waals surface area contributed by atoms with Crippen LogP contribution in [0.5, 0.6) is 17.2 Å². The Morgan fingerprint density at radius 2 is 0.885 bits per heavy atom. The van der Waals surface area contributed by atoms with Gasteiger partial charge in [0.2, 0.25) is 0 Å². The second kappa shape index (κ2) is 28.8. The SMILES string of the molecule is CC(=N)N1CC[C@H](Oc2ccc([C@@H](C)Cc3ccc4ccc(C(=N)N)cc4c3)cc2)C1.C[C@@H](Cc1ccc2ccc(/C(N)=N/O)cc2c1)c1ccc(OC2CCCC2)cc1.[C-]#[N+]c1ccc2ccc(C[C@H](C)c3ccc(OC4CCCC4)cc3)cc2c1. The van der Waals surface area contributed by atoms with Crippen LogP contribution >= 0.6 is 0 Å². The summed E-state index contributed by atoms with van der Waals surface area (Å²) in [4.78, 5) is 5.60. The molecule has 0 amide bonds. The van der Waals surface area contributed by atoms with Crippen LogP contribution in [-0.2, 0) is 19.3 Å². The average Bonchev–Trinajstić information content (AvgIpc) is 4.36. The van der Waals surface area contributed by atoms with Crippen LogP contribution in [0.2, 0.25) is 0 Å². The van der Waals surface area contributed by atoms with Crippen LogP contribution in [0.15, 0.2) is 187 Å². The summed E-state index contributed by atoms with van der Waals surface area (Å²) in [6.45, 7) is 17.5. The molecule has 2 aliphatic carbocycles. The van der Waals surface area contributed by atoms with E-state index >= 15 is 0 Å². The molecule has 0 radical (unpaired) electrons. The monoisotopic (exact) mass is 1160 g/mol. The van der Waals surface area contributed by atoms with Gasteiger partial charge in [0, 0.05) is 24.1 Å². The predicted molar refractivity (Wildman–Crippen MR) is 357 cm³/mol. The summed E-state index contributed by atoms with van der Waals surface area (Å²) >= 11 is 0. The normalized spacial score (nSPS) is 16.3. The van der Waals surface area contributed by atoms with Gasteiger partial charge in [-0.2, -0.15) is 0 Å². The minimum atomic E-state index is 0.0984. The second-order valence-electron chi connectivity index (χ2n) is 24.3. The number of nitrogens with one attached hydrogen (secondary N) is 2. The molecular formula is C76H83N7O4. The zero-order valence-electron chi connectivity index (χ0n) is 50.9. The number of hydrogen-bond donors (Lipinski definition) is 5. The van der Waals surface area contributed by atoms with E-state index in [0.717, 1.165) is 94.1 Å². The van der Waals surface area contributed by atoms with Crippen LogP contribution in [0.1, 0.15) is 148 Å². The molecule has 3 fully saturated rings. The summed E-state index contributed by atoms with van der Waals surface area (Å²) in [6.07, 6.45) is 14.7. The van der Waals surface area contributed by atoms with Crippen molar-refractivity contribution in [1.29, 1.82) is 10.8 Å². The van der Waals surface area contributed by atoms with Gasteiger partial charge in [0.05, 0.1) is 31.2 Å². The van der Waals surface area contributed by atoms with Gasteiger partial charge in [-0.1, -0.05) is 153 Å². The molecule has 3 aliphatic rings. The van der Waals surface area contributed by atoms with Crippen LogP contribution < -0.4 is 25.7 Å². The predicted octanol–water partition coefficient (Wildman–Crippen LogP) is 17.6. The van der Waals surface area contributed by atoms with Crippen molar-refractivity contribution in [2.75, 3.05) is 13.1 Å². The summed E-state index contributed by atoms with van der Waals surface area (Å²) in [5.41, 5.74) is 21.3. The fourth-order valence-electron chi connectivity index (χ4n) is 12.5. The van der Waals surface area contributed by atoms with E-state index in [1.807, 2.05) is 61.5 Å². The first kappa shape index (κ1) is 61.0. The summed E-state index contributed by atoms with van der Waals surface area (Å²) in [7, 11) is 0. The molecule has 9 aromatic carbocycles. The van der Waals surface area contributed by atoms with Crippen molar-refractivity contribution in [2.24, 2.45) is 16.6 Å². The third kappa shape index (κ3) is 16.4. The molecule has 11 nitrogen and oxygen atoms in total. The van der Waals surface area contributed by atoms with Crippen molar-refractivity contribution in [3.63, 3.8) is 0 Å². The van der Waals surface area contributed by atoms with Gasteiger partial charge in [0.15, 0.2) is 11.5 Å². The quantitative estimate of drug-likeness (QED) is 0.0199. The van der Waals surface area contributed by atoms with Crippen molar-refractivity contribution in [1.82, 2.24) is 4.90 Å². The van der Waals surface area contributed by atoms with Crippen LogP contribution in [0, 0.1) is 17.4 Å². The van der Waals surface area contributed by atoms with E-state index in [9.17, 15) is 0 Å². The molecule has 1 saturated heterocycles. The standard InChI is InChI=1S/C26H30N4O.C25H28N2O2.C25H25NO/c1-17(13-19-3-4-21-5-6-22(26(28)29)15-23(21)14-19)20-7-9-24(10-8-20)31-25-11-12-30(16-25)18(2)27;1-17(19-10-12-24(13-11-19)29-23-4-2-3-5-23)14-18-6-7-20-8-9-21(25(26)27-28)16-22(20)15-18;1-18(20-10-13-25(14-11-20)27-24-5-3-4-6-24)15-19-7-8-21-9-12-23(26-2)17-22(21)16-19/h3-10,14-15,17,25,27H,11-13,16H2,1-2H3,(H3,28,29);6-13,15-17,23,28H,2-5,14H2,1H3,(H2,26,27);7-14,16-18,24H,3-6,15H2,1H3/t17-,25-;17-;18-/m000/s1. The summed E-state index contributed by atoms with van der Waals surface area (Å²) < 4.78 is 18.3. The lowest BCUT2D eigenvalue weighted by atomic mass is 9.92. The number of nitrogens with zero attached hydrogens (tertiary/aromatic N) is 3. The van der Waals surface area contributed by atoms with Gasteiger partial charge in [-0.05, 0) is 216 Å². The molecule has 9 aromatic rings. The molecule has 0 unspecified atom stereocenters. The lowest BCUT2D eigenvalue weighted by Crippen LogP contribution is -2.28. The smallest absolute Gasteiger partial charge is 0.187 e. The summed E-state index contributed by atoms with van der Waals surface area (Å²) in [5.74, 6) is 4.93. The first-order valence-electron chi connectivity index (χ1n) is 31.1. The number of fused-ring (bicyclic) bond motifs is 3. The third-order valence-corrected chi connectivity index (χ3v) is 17.6. The first-order valence-corrected chi connectivity index (χ1v) is 31.1. The van der Waals surface area contributed by atoms with Crippen LogP contribution in [0.3, 0.4) is 0 Å². The molecule has 1 heterocycles. The van der Waals surface area contributed by atoms with Crippen molar-refractivity contribution in [3.05, 3.63) is 238 Å². The Balaban J connectivity index is 0.000000145. The molecule has 0 aromatic heterocycles.